The Morgan fingerprint density at radius 2 is 2.13 bits per heavy atom. The fourth-order valence-corrected chi connectivity index (χ4v) is 4.52. The second-order valence-corrected chi connectivity index (χ2v) is 8.24. The number of aliphatic hydroxyl groups is 1. The first-order chi connectivity index (χ1) is 11.1. The van der Waals surface area contributed by atoms with Crippen LogP contribution in [0.1, 0.15) is 33.9 Å². The number of likely N-dealkylation sites (tertiary alicyclic amines) is 1. The number of piperidine rings is 1. The van der Waals surface area contributed by atoms with Crippen molar-refractivity contribution in [2.75, 3.05) is 19.7 Å². The lowest BCUT2D eigenvalue weighted by Crippen LogP contribution is -2.46. The number of aliphatic hydroxyl groups excluding tert-OH is 1. The Kier molecular flexibility index (Phi) is 5.14. The predicted octanol–water partition coefficient (Wildman–Crippen LogP) is 3.58. The minimum absolute atomic E-state index is 0.00983. The first-order valence-electron chi connectivity index (χ1n) is 8.39. The van der Waals surface area contributed by atoms with Crippen LogP contribution < -0.4 is 0 Å². The van der Waals surface area contributed by atoms with Crippen LogP contribution in [0.4, 0.5) is 0 Å². The molecule has 1 saturated heterocycles. The Labute approximate surface area is 143 Å². The fourth-order valence-electron chi connectivity index (χ4n) is 3.69. The zero-order valence-corrected chi connectivity index (χ0v) is 14.9. The lowest BCUT2D eigenvalue weighted by molar-refractivity contribution is 0.0291. The van der Waals surface area contributed by atoms with Gasteiger partial charge in [-0.2, -0.15) is 0 Å². The molecule has 0 bridgehead atoms. The average molecular weight is 330 g/mol. The lowest BCUT2D eigenvalue weighted by atomic mass is 9.75. The fraction of sp³-hybridized carbons (Fsp3) is 0.526. The molecule has 1 fully saturated rings. The van der Waals surface area contributed by atoms with E-state index in [1.807, 2.05) is 6.20 Å². The third-order valence-electron chi connectivity index (χ3n) is 4.95. The van der Waals surface area contributed by atoms with E-state index in [4.69, 9.17) is 0 Å². The molecule has 1 N–H and O–H groups in total. The summed E-state index contributed by atoms with van der Waals surface area (Å²) in [4.78, 5) is 8.18. The molecule has 0 spiro atoms. The van der Waals surface area contributed by atoms with Crippen molar-refractivity contribution in [3.63, 3.8) is 0 Å². The van der Waals surface area contributed by atoms with Gasteiger partial charge in [0.1, 0.15) is 0 Å². The van der Waals surface area contributed by atoms with E-state index in [1.165, 1.54) is 16.0 Å². The number of hydrogen-bond acceptors (Lipinski definition) is 4. The molecule has 1 unspecified atom stereocenters. The van der Waals surface area contributed by atoms with Crippen molar-refractivity contribution >= 4 is 11.3 Å². The van der Waals surface area contributed by atoms with Crippen LogP contribution in [0, 0.1) is 19.3 Å². The lowest BCUT2D eigenvalue weighted by Gasteiger charge is -2.42. The largest absolute Gasteiger partial charge is 0.396 e. The molecule has 2 heterocycles. The zero-order valence-electron chi connectivity index (χ0n) is 14.1. The molecule has 4 heteroatoms. The summed E-state index contributed by atoms with van der Waals surface area (Å²) in [5, 5.41) is 11.3. The average Bonchev–Trinajstić information content (AvgIpc) is 2.95. The van der Waals surface area contributed by atoms with Gasteiger partial charge >= 0.3 is 0 Å². The third-order valence-corrected chi connectivity index (χ3v) is 5.85. The zero-order chi connectivity index (χ0) is 16.3. The van der Waals surface area contributed by atoms with Crippen molar-refractivity contribution in [1.82, 2.24) is 9.88 Å². The number of thiazole rings is 1. The summed E-state index contributed by atoms with van der Waals surface area (Å²) in [6.45, 7) is 7.53. The number of benzene rings is 1. The Balaban J connectivity index is 1.72. The maximum Gasteiger partial charge on any atom is 0.0897 e. The molecule has 124 valence electrons. The highest BCUT2D eigenvalue weighted by atomic mass is 32.1. The van der Waals surface area contributed by atoms with Crippen LogP contribution in [-0.2, 0) is 13.0 Å². The van der Waals surface area contributed by atoms with Crippen LogP contribution in [0.25, 0.3) is 0 Å². The molecular formula is C19H26N2OS. The first kappa shape index (κ1) is 16.6. The second-order valence-electron chi connectivity index (χ2n) is 6.92. The Bertz CT molecular complexity index is 654. The molecular weight excluding hydrogens is 304 g/mol. The predicted molar refractivity (Wildman–Crippen MR) is 95.8 cm³/mol. The van der Waals surface area contributed by atoms with Crippen LogP contribution >= 0.6 is 11.3 Å². The molecule has 1 aromatic carbocycles. The van der Waals surface area contributed by atoms with E-state index in [-0.39, 0.29) is 12.0 Å². The molecule has 1 aliphatic heterocycles. The number of rotatable bonds is 5. The summed E-state index contributed by atoms with van der Waals surface area (Å²) in [5.41, 5.74) is 2.69. The Morgan fingerprint density at radius 3 is 2.83 bits per heavy atom. The van der Waals surface area contributed by atoms with Gasteiger partial charge in [0, 0.05) is 29.6 Å². The van der Waals surface area contributed by atoms with Gasteiger partial charge in [-0.25, -0.2) is 4.98 Å². The molecule has 0 aliphatic carbocycles. The van der Waals surface area contributed by atoms with Crippen LogP contribution in [0.3, 0.4) is 0 Å². The van der Waals surface area contributed by atoms with Crippen LogP contribution in [0.5, 0.6) is 0 Å². The van der Waals surface area contributed by atoms with Crippen molar-refractivity contribution in [1.29, 1.82) is 0 Å². The Morgan fingerprint density at radius 1 is 1.30 bits per heavy atom. The van der Waals surface area contributed by atoms with E-state index in [0.717, 1.165) is 43.9 Å². The molecule has 3 nitrogen and oxygen atoms in total. The molecule has 1 aliphatic rings. The first-order valence-corrected chi connectivity index (χ1v) is 9.21. The van der Waals surface area contributed by atoms with Gasteiger partial charge in [0.15, 0.2) is 0 Å². The van der Waals surface area contributed by atoms with Crippen molar-refractivity contribution in [2.24, 2.45) is 5.41 Å². The molecule has 3 rings (SSSR count). The normalized spacial score (nSPS) is 22.4. The van der Waals surface area contributed by atoms with Gasteiger partial charge in [-0.15, -0.1) is 11.3 Å². The summed E-state index contributed by atoms with van der Waals surface area (Å²) in [6.07, 6.45) is 5.23. The molecule has 2 aromatic rings. The standard InChI is InChI=1S/C19H26N2OS/c1-15-6-3-4-7-17(15)10-19(14-22)8-5-9-21(13-19)12-18-11-20-16(2)23-18/h3-4,6-7,11,22H,5,8-10,12-14H2,1-2H3. The summed E-state index contributed by atoms with van der Waals surface area (Å²) in [6, 6.07) is 8.57. The highest BCUT2D eigenvalue weighted by Gasteiger charge is 2.35. The van der Waals surface area contributed by atoms with E-state index < -0.39 is 0 Å². The smallest absolute Gasteiger partial charge is 0.0897 e. The Hall–Kier alpha value is -1.23. The van der Waals surface area contributed by atoms with Gasteiger partial charge in [0.25, 0.3) is 0 Å². The highest BCUT2D eigenvalue weighted by Crippen LogP contribution is 2.35. The minimum atomic E-state index is -0.00983. The summed E-state index contributed by atoms with van der Waals surface area (Å²) in [7, 11) is 0. The van der Waals surface area contributed by atoms with E-state index in [9.17, 15) is 5.11 Å². The van der Waals surface area contributed by atoms with E-state index in [1.54, 1.807) is 11.3 Å². The van der Waals surface area contributed by atoms with Gasteiger partial charge in [-0.3, -0.25) is 4.90 Å². The second kappa shape index (κ2) is 7.12. The topological polar surface area (TPSA) is 36.4 Å². The molecule has 1 aromatic heterocycles. The van der Waals surface area contributed by atoms with Crippen LogP contribution in [0.2, 0.25) is 0 Å². The van der Waals surface area contributed by atoms with Crippen molar-refractivity contribution < 1.29 is 5.11 Å². The van der Waals surface area contributed by atoms with Crippen molar-refractivity contribution in [3.8, 4) is 0 Å². The minimum Gasteiger partial charge on any atom is -0.396 e. The van der Waals surface area contributed by atoms with Gasteiger partial charge < -0.3 is 5.11 Å². The number of aryl methyl sites for hydroxylation is 2. The summed E-state index contributed by atoms with van der Waals surface area (Å²) < 4.78 is 0. The third kappa shape index (κ3) is 4.00. The number of hydrogen-bond donors (Lipinski definition) is 1. The maximum absolute atomic E-state index is 10.1. The summed E-state index contributed by atoms with van der Waals surface area (Å²) >= 11 is 1.78. The SMILES string of the molecule is Cc1ncc(CN2CCCC(CO)(Cc3ccccc3C)C2)s1. The van der Waals surface area contributed by atoms with Gasteiger partial charge in [0.2, 0.25) is 0 Å². The summed E-state index contributed by atoms with van der Waals surface area (Å²) in [5.74, 6) is 0. The van der Waals surface area contributed by atoms with Gasteiger partial charge in [0.05, 0.1) is 11.6 Å². The monoisotopic (exact) mass is 330 g/mol. The molecule has 1 atom stereocenters. The van der Waals surface area contributed by atoms with Gasteiger partial charge in [-0.05, 0) is 50.8 Å². The maximum atomic E-state index is 10.1. The van der Waals surface area contributed by atoms with E-state index >= 15 is 0 Å². The number of nitrogens with zero attached hydrogens (tertiary/aromatic N) is 2. The van der Waals surface area contributed by atoms with Crippen molar-refractivity contribution in [3.05, 3.63) is 51.5 Å². The molecule has 23 heavy (non-hydrogen) atoms. The van der Waals surface area contributed by atoms with E-state index in [2.05, 4.69) is 48.0 Å². The molecule has 0 amide bonds. The van der Waals surface area contributed by atoms with Crippen molar-refractivity contribution in [2.45, 2.75) is 39.7 Å². The quantitative estimate of drug-likeness (QED) is 0.910. The van der Waals surface area contributed by atoms with E-state index in [0.29, 0.717) is 0 Å². The van der Waals surface area contributed by atoms with Crippen LogP contribution in [0.15, 0.2) is 30.5 Å². The van der Waals surface area contributed by atoms with Crippen LogP contribution in [-0.4, -0.2) is 34.7 Å². The van der Waals surface area contributed by atoms with Gasteiger partial charge in [-0.1, -0.05) is 24.3 Å². The molecule has 0 radical (unpaired) electrons. The highest BCUT2D eigenvalue weighted by molar-refractivity contribution is 7.11. The number of aromatic nitrogens is 1. The molecule has 0 saturated carbocycles.